The van der Waals surface area contributed by atoms with Crippen LogP contribution in [0.15, 0.2) is 12.2 Å². The van der Waals surface area contributed by atoms with Gasteiger partial charge in [-0.1, -0.05) is 32.8 Å². The molecule has 3 nitrogen and oxygen atoms in total. The largest absolute Gasteiger partial charge is 0.429 e. The molecule has 2 fully saturated rings. The molecule has 0 spiro atoms. The van der Waals surface area contributed by atoms with Crippen LogP contribution in [0.5, 0.6) is 0 Å². The Morgan fingerprint density at radius 3 is 2.00 bits per heavy atom. The average molecular weight is 489 g/mol. The quantitative estimate of drug-likeness (QED) is 0.277. The van der Waals surface area contributed by atoms with E-state index in [1.54, 1.807) is 13.8 Å². The lowest BCUT2D eigenvalue weighted by Gasteiger charge is -2.50. The Balaban J connectivity index is 2.35. The summed E-state index contributed by atoms with van der Waals surface area (Å²) in [6.45, 7) is 7.27. The van der Waals surface area contributed by atoms with Crippen LogP contribution in [-0.2, 0) is 0 Å². The molecule has 2 rings (SSSR count). The molecule has 0 radical (unpaired) electrons. The molecule has 0 aromatic heterocycles. The molecule has 0 aromatic carbocycles. The van der Waals surface area contributed by atoms with Crippen molar-refractivity contribution in [1.29, 1.82) is 0 Å². The van der Waals surface area contributed by atoms with E-state index in [9.17, 15) is 41.7 Å². The van der Waals surface area contributed by atoms with Gasteiger partial charge in [0.05, 0.1) is 11.7 Å². The minimum Gasteiger partial charge on any atom is -0.393 e. The van der Waals surface area contributed by atoms with E-state index in [4.69, 9.17) is 0 Å². The summed E-state index contributed by atoms with van der Waals surface area (Å²) in [5.74, 6) is 0.0393. The Hall–Kier alpha value is -0.800. The lowest BCUT2D eigenvalue weighted by Crippen LogP contribution is -2.55. The zero-order chi connectivity index (χ0) is 25.5. The normalized spacial score (nSPS) is 31.6. The topological polar surface area (TPSA) is 60.7 Å². The first kappa shape index (κ1) is 28.4. The van der Waals surface area contributed by atoms with E-state index in [2.05, 4.69) is 6.92 Å². The molecule has 5 atom stereocenters. The van der Waals surface area contributed by atoms with E-state index in [1.165, 1.54) is 0 Å². The van der Waals surface area contributed by atoms with Crippen molar-refractivity contribution in [1.82, 2.24) is 0 Å². The number of hydrogen-bond donors (Lipinski definition) is 3. The van der Waals surface area contributed by atoms with Crippen LogP contribution >= 0.6 is 0 Å². The van der Waals surface area contributed by atoms with Crippen LogP contribution in [0.25, 0.3) is 0 Å². The molecule has 194 valence electrons. The first-order valence-corrected chi connectivity index (χ1v) is 11.7. The van der Waals surface area contributed by atoms with E-state index < -0.39 is 35.1 Å². The fourth-order valence-electron chi connectivity index (χ4n) is 6.49. The van der Waals surface area contributed by atoms with Gasteiger partial charge < -0.3 is 15.3 Å². The highest BCUT2D eigenvalue weighted by Crippen LogP contribution is 2.62. The maximum Gasteiger partial charge on any atom is 0.429 e. The third-order valence-corrected chi connectivity index (χ3v) is 8.27. The number of alkyl halides is 6. The summed E-state index contributed by atoms with van der Waals surface area (Å²) in [5.41, 5.74) is -6.76. The van der Waals surface area contributed by atoms with Crippen molar-refractivity contribution in [3.05, 3.63) is 12.2 Å². The number of allylic oxidation sites excluding steroid dienone is 1. The van der Waals surface area contributed by atoms with Gasteiger partial charge in [-0.25, -0.2) is 0 Å². The number of halogens is 6. The lowest BCUT2D eigenvalue weighted by atomic mass is 9.56. The van der Waals surface area contributed by atoms with Crippen LogP contribution in [0.2, 0.25) is 0 Å². The fourth-order valence-corrected chi connectivity index (χ4v) is 6.49. The van der Waals surface area contributed by atoms with Crippen molar-refractivity contribution in [2.45, 2.75) is 115 Å². The van der Waals surface area contributed by atoms with Gasteiger partial charge in [0.15, 0.2) is 0 Å². The van der Waals surface area contributed by atoms with Crippen LogP contribution < -0.4 is 0 Å². The monoisotopic (exact) mass is 488 g/mol. The molecule has 0 bridgehead atoms. The van der Waals surface area contributed by atoms with Gasteiger partial charge in [0.1, 0.15) is 0 Å². The van der Waals surface area contributed by atoms with E-state index in [1.807, 2.05) is 6.92 Å². The molecule has 0 saturated heterocycles. The zero-order valence-electron chi connectivity index (χ0n) is 19.9. The SMILES string of the molecule is CC(C)(O)CCC[C@@](C)(C/C=C\C(O)(C(F)(F)F)C(F)(F)F)[C@H]1CC[C@H]2[C@@H](O)CCC[C@]12C. The third-order valence-electron chi connectivity index (χ3n) is 8.27. The average Bonchev–Trinajstić information content (AvgIpc) is 2.97. The van der Waals surface area contributed by atoms with Crippen LogP contribution in [0, 0.1) is 22.7 Å². The fraction of sp³-hybridized carbons (Fsp3) is 0.917. The molecule has 0 unspecified atom stereocenters. The van der Waals surface area contributed by atoms with Crippen molar-refractivity contribution in [2.75, 3.05) is 0 Å². The Morgan fingerprint density at radius 1 is 0.909 bits per heavy atom. The smallest absolute Gasteiger partial charge is 0.393 e. The summed E-state index contributed by atoms with van der Waals surface area (Å²) in [6.07, 6.45) is -6.29. The predicted octanol–water partition coefficient (Wildman–Crippen LogP) is 6.31. The highest BCUT2D eigenvalue weighted by Gasteiger charge is 2.69. The van der Waals surface area contributed by atoms with Crippen molar-refractivity contribution < 1.29 is 41.7 Å². The minimum absolute atomic E-state index is 0.0127. The van der Waals surface area contributed by atoms with Gasteiger partial charge in [-0.15, -0.1) is 0 Å². The van der Waals surface area contributed by atoms with Crippen molar-refractivity contribution in [3.63, 3.8) is 0 Å². The molecule has 2 saturated carbocycles. The highest BCUT2D eigenvalue weighted by atomic mass is 19.4. The standard InChI is InChI=1S/C24H38F6O3/c1-19(2,32)11-6-12-20(3,13-7-15-22(33,23(25,26)27)24(28,29)30)18-10-9-16-17(31)8-5-14-21(16,18)4/h7,15-18,31-33H,5-6,8-14H2,1-4H3/b15-7-/t16-,17-,18+,20-,21-/m0/s1. The van der Waals surface area contributed by atoms with Gasteiger partial charge in [-0.05, 0) is 87.5 Å². The lowest BCUT2D eigenvalue weighted by molar-refractivity contribution is -0.347. The van der Waals surface area contributed by atoms with Gasteiger partial charge in [-0.3, -0.25) is 0 Å². The second kappa shape index (κ2) is 9.34. The number of hydrogen-bond acceptors (Lipinski definition) is 3. The van der Waals surface area contributed by atoms with Crippen molar-refractivity contribution >= 4 is 0 Å². The molecule has 33 heavy (non-hydrogen) atoms. The molecule has 9 heteroatoms. The number of fused-ring (bicyclic) bond motifs is 1. The summed E-state index contributed by atoms with van der Waals surface area (Å²) >= 11 is 0. The molecule has 2 aliphatic carbocycles. The van der Waals surface area contributed by atoms with E-state index in [-0.39, 0.29) is 29.7 Å². The Labute approximate surface area is 192 Å². The number of aliphatic hydroxyl groups excluding tert-OH is 1. The van der Waals surface area contributed by atoms with Gasteiger partial charge in [0.2, 0.25) is 0 Å². The molecule has 3 N–H and O–H groups in total. The van der Waals surface area contributed by atoms with Crippen LogP contribution in [0.4, 0.5) is 26.3 Å². The molecule has 0 amide bonds. The molecule has 0 aliphatic heterocycles. The maximum atomic E-state index is 13.1. The summed E-state index contributed by atoms with van der Waals surface area (Å²) in [7, 11) is 0. The van der Waals surface area contributed by atoms with E-state index in [0.717, 1.165) is 31.8 Å². The summed E-state index contributed by atoms with van der Waals surface area (Å²) in [6, 6.07) is 0. The first-order valence-electron chi connectivity index (χ1n) is 11.7. The number of rotatable bonds is 8. The Kier molecular flexibility index (Phi) is 8.05. The van der Waals surface area contributed by atoms with E-state index in [0.29, 0.717) is 25.7 Å². The second-order valence-corrected chi connectivity index (χ2v) is 11.4. The van der Waals surface area contributed by atoms with Gasteiger partial charge >= 0.3 is 12.4 Å². The Morgan fingerprint density at radius 2 is 1.48 bits per heavy atom. The summed E-state index contributed by atoms with van der Waals surface area (Å²) in [5, 5.41) is 30.1. The molecule has 0 aromatic rings. The maximum absolute atomic E-state index is 13.1. The first-order chi connectivity index (χ1) is 14.8. The van der Waals surface area contributed by atoms with Crippen LogP contribution in [0.3, 0.4) is 0 Å². The zero-order valence-corrected chi connectivity index (χ0v) is 19.9. The van der Waals surface area contributed by atoms with Gasteiger partial charge in [0.25, 0.3) is 5.60 Å². The Bertz CT molecular complexity index is 682. The predicted molar refractivity (Wildman–Crippen MR) is 113 cm³/mol. The minimum atomic E-state index is -5.89. The highest BCUT2D eigenvalue weighted by molar-refractivity contribution is 5.13. The van der Waals surface area contributed by atoms with Crippen molar-refractivity contribution in [2.24, 2.45) is 22.7 Å². The third kappa shape index (κ3) is 5.89. The summed E-state index contributed by atoms with van der Waals surface area (Å²) < 4.78 is 78.6. The van der Waals surface area contributed by atoms with Crippen LogP contribution in [0.1, 0.15) is 85.5 Å². The molecule has 2 aliphatic rings. The van der Waals surface area contributed by atoms with Crippen molar-refractivity contribution in [3.8, 4) is 0 Å². The van der Waals surface area contributed by atoms with Crippen LogP contribution in [-0.4, -0.2) is 45.0 Å². The molecule has 0 heterocycles. The second-order valence-electron chi connectivity index (χ2n) is 11.4. The van der Waals surface area contributed by atoms with Gasteiger partial charge in [0, 0.05) is 0 Å². The van der Waals surface area contributed by atoms with E-state index >= 15 is 0 Å². The number of aliphatic hydroxyl groups is 3. The summed E-state index contributed by atoms with van der Waals surface area (Å²) in [4.78, 5) is 0. The molecular weight excluding hydrogens is 450 g/mol. The molecular formula is C24H38F6O3. The van der Waals surface area contributed by atoms with Gasteiger partial charge in [-0.2, -0.15) is 26.3 Å².